The van der Waals surface area contributed by atoms with Crippen molar-refractivity contribution in [3.63, 3.8) is 0 Å². The standard InChI is InChI=1S/C17H24Cl2N2O2.ClH/c1-12(23-16-10-14(18)9-15(19)11-16)17(22)21-7-4-13(5-8-21)3-6-20-2;/h9-13,20H,3-8H2,1-2H3;1H. The molecule has 2 rings (SSSR count). The van der Waals surface area contributed by atoms with Gasteiger partial charge in [0.2, 0.25) is 0 Å². The molecule has 1 aromatic rings. The Hall–Kier alpha value is -0.680. The zero-order valence-electron chi connectivity index (χ0n) is 14.1. The van der Waals surface area contributed by atoms with E-state index in [1.165, 1.54) is 6.42 Å². The number of piperidine rings is 1. The van der Waals surface area contributed by atoms with Crippen LogP contribution in [0.1, 0.15) is 26.2 Å². The van der Waals surface area contributed by atoms with Crippen molar-refractivity contribution in [1.82, 2.24) is 10.2 Å². The van der Waals surface area contributed by atoms with E-state index in [1.807, 2.05) is 11.9 Å². The average Bonchev–Trinajstić information content (AvgIpc) is 2.51. The smallest absolute Gasteiger partial charge is 0.263 e. The first-order chi connectivity index (χ1) is 11.0. The molecule has 1 aliphatic heterocycles. The molecule has 0 radical (unpaired) electrons. The van der Waals surface area contributed by atoms with Crippen molar-refractivity contribution in [1.29, 1.82) is 0 Å². The molecule has 0 saturated carbocycles. The molecule has 1 atom stereocenters. The molecular formula is C17H25Cl3N2O2. The lowest BCUT2D eigenvalue weighted by atomic mass is 9.93. The Morgan fingerprint density at radius 3 is 2.42 bits per heavy atom. The Bertz CT molecular complexity index is 514. The number of nitrogens with zero attached hydrogens (tertiary/aromatic N) is 1. The molecule has 24 heavy (non-hydrogen) atoms. The van der Waals surface area contributed by atoms with Crippen LogP contribution in [-0.4, -0.2) is 43.6 Å². The highest BCUT2D eigenvalue weighted by Gasteiger charge is 2.26. The van der Waals surface area contributed by atoms with Crippen LogP contribution in [0.25, 0.3) is 0 Å². The summed E-state index contributed by atoms with van der Waals surface area (Å²) in [4.78, 5) is 14.4. The fourth-order valence-electron chi connectivity index (χ4n) is 2.90. The van der Waals surface area contributed by atoms with Gasteiger partial charge in [0.15, 0.2) is 6.10 Å². The Morgan fingerprint density at radius 2 is 1.88 bits per heavy atom. The fraction of sp³-hybridized carbons (Fsp3) is 0.588. The quantitative estimate of drug-likeness (QED) is 0.790. The monoisotopic (exact) mass is 394 g/mol. The lowest BCUT2D eigenvalue weighted by molar-refractivity contribution is -0.139. The van der Waals surface area contributed by atoms with Gasteiger partial charge in [-0.3, -0.25) is 4.79 Å². The summed E-state index contributed by atoms with van der Waals surface area (Å²) in [5, 5.41) is 4.18. The highest BCUT2D eigenvalue weighted by molar-refractivity contribution is 6.34. The summed E-state index contributed by atoms with van der Waals surface area (Å²) in [5.74, 6) is 1.25. The second-order valence-electron chi connectivity index (χ2n) is 6.03. The molecule has 1 amide bonds. The first-order valence-electron chi connectivity index (χ1n) is 8.05. The minimum Gasteiger partial charge on any atom is -0.481 e. The summed E-state index contributed by atoms with van der Waals surface area (Å²) in [7, 11) is 1.97. The van der Waals surface area contributed by atoms with Gasteiger partial charge in [0.1, 0.15) is 5.75 Å². The van der Waals surface area contributed by atoms with E-state index in [4.69, 9.17) is 27.9 Å². The maximum atomic E-state index is 12.5. The number of hydrogen-bond donors (Lipinski definition) is 1. The molecule has 1 fully saturated rings. The predicted molar refractivity (Wildman–Crippen MR) is 102 cm³/mol. The Kier molecular flexibility index (Phi) is 9.21. The summed E-state index contributed by atoms with van der Waals surface area (Å²) in [6.07, 6.45) is 2.75. The van der Waals surface area contributed by atoms with E-state index in [-0.39, 0.29) is 18.3 Å². The summed E-state index contributed by atoms with van der Waals surface area (Å²) in [5.41, 5.74) is 0. The van der Waals surface area contributed by atoms with Crippen molar-refractivity contribution in [2.45, 2.75) is 32.3 Å². The number of nitrogens with one attached hydrogen (secondary N) is 1. The van der Waals surface area contributed by atoms with E-state index in [9.17, 15) is 4.79 Å². The Balaban J connectivity index is 0.00000288. The molecule has 1 aliphatic rings. The van der Waals surface area contributed by atoms with E-state index in [2.05, 4.69) is 5.32 Å². The lowest BCUT2D eigenvalue weighted by Crippen LogP contribution is -2.45. The van der Waals surface area contributed by atoms with Gasteiger partial charge in [0, 0.05) is 23.1 Å². The summed E-state index contributed by atoms with van der Waals surface area (Å²) >= 11 is 11.9. The van der Waals surface area contributed by atoms with Crippen molar-refractivity contribution in [2.24, 2.45) is 5.92 Å². The Morgan fingerprint density at radius 1 is 1.29 bits per heavy atom. The zero-order chi connectivity index (χ0) is 16.8. The van der Waals surface area contributed by atoms with Gasteiger partial charge in [-0.15, -0.1) is 12.4 Å². The minimum absolute atomic E-state index is 0. The van der Waals surface area contributed by atoms with Gasteiger partial charge in [-0.1, -0.05) is 23.2 Å². The van der Waals surface area contributed by atoms with Gasteiger partial charge in [-0.25, -0.2) is 0 Å². The lowest BCUT2D eigenvalue weighted by Gasteiger charge is -2.33. The average molecular weight is 396 g/mol. The SMILES string of the molecule is CNCCC1CCN(C(=O)C(C)Oc2cc(Cl)cc(Cl)c2)CC1.Cl. The summed E-state index contributed by atoms with van der Waals surface area (Å²) < 4.78 is 5.71. The van der Waals surface area contributed by atoms with Gasteiger partial charge < -0.3 is 15.0 Å². The highest BCUT2D eigenvalue weighted by atomic mass is 35.5. The van der Waals surface area contributed by atoms with Crippen LogP contribution >= 0.6 is 35.6 Å². The van der Waals surface area contributed by atoms with E-state index in [1.54, 1.807) is 25.1 Å². The number of carbonyl (C=O) groups is 1. The molecule has 1 saturated heterocycles. The summed E-state index contributed by atoms with van der Waals surface area (Å²) in [6, 6.07) is 4.97. The van der Waals surface area contributed by atoms with Gasteiger partial charge >= 0.3 is 0 Å². The van der Waals surface area contributed by atoms with Crippen LogP contribution < -0.4 is 10.1 Å². The van der Waals surface area contributed by atoms with E-state index < -0.39 is 6.10 Å². The van der Waals surface area contributed by atoms with Crippen LogP contribution in [-0.2, 0) is 4.79 Å². The zero-order valence-corrected chi connectivity index (χ0v) is 16.4. The first kappa shape index (κ1) is 21.4. The van der Waals surface area contributed by atoms with Crippen molar-refractivity contribution in [2.75, 3.05) is 26.7 Å². The first-order valence-corrected chi connectivity index (χ1v) is 8.81. The molecule has 1 heterocycles. The second-order valence-corrected chi connectivity index (χ2v) is 6.90. The van der Waals surface area contributed by atoms with E-state index in [0.717, 1.165) is 32.5 Å². The van der Waals surface area contributed by atoms with Crippen molar-refractivity contribution < 1.29 is 9.53 Å². The minimum atomic E-state index is -0.543. The van der Waals surface area contributed by atoms with Gasteiger partial charge in [0.25, 0.3) is 5.91 Å². The van der Waals surface area contributed by atoms with Crippen molar-refractivity contribution >= 4 is 41.5 Å². The van der Waals surface area contributed by atoms with Crippen LogP contribution in [0.2, 0.25) is 10.0 Å². The van der Waals surface area contributed by atoms with E-state index >= 15 is 0 Å². The number of halogens is 3. The third-order valence-corrected chi connectivity index (χ3v) is 4.66. The molecule has 0 spiro atoms. The number of amides is 1. The van der Waals surface area contributed by atoms with Crippen molar-refractivity contribution in [3.05, 3.63) is 28.2 Å². The van der Waals surface area contributed by atoms with Crippen LogP contribution in [0.15, 0.2) is 18.2 Å². The van der Waals surface area contributed by atoms with Crippen LogP contribution in [0.4, 0.5) is 0 Å². The molecule has 1 unspecified atom stereocenters. The molecule has 1 aromatic carbocycles. The van der Waals surface area contributed by atoms with Gasteiger partial charge in [-0.05, 0) is 63.9 Å². The predicted octanol–water partition coefficient (Wildman–Crippen LogP) is 4.03. The number of ether oxygens (including phenoxy) is 1. The van der Waals surface area contributed by atoms with Crippen LogP contribution in [0.3, 0.4) is 0 Å². The third-order valence-electron chi connectivity index (χ3n) is 4.23. The molecule has 0 aliphatic carbocycles. The van der Waals surface area contributed by atoms with E-state index in [0.29, 0.717) is 21.7 Å². The largest absolute Gasteiger partial charge is 0.481 e. The Labute approximate surface area is 160 Å². The molecule has 7 heteroatoms. The number of carbonyl (C=O) groups excluding carboxylic acids is 1. The normalized spacial score (nSPS) is 16.4. The molecule has 0 bridgehead atoms. The molecule has 4 nitrogen and oxygen atoms in total. The highest BCUT2D eigenvalue weighted by Crippen LogP contribution is 2.26. The van der Waals surface area contributed by atoms with Gasteiger partial charge in [-0.2, -0.15) is 0 Å². The number of rotatable bonds is 6. The van der Waals surface area contributed by atoms with Crippen molar-refractivity contribution in [3.8, 4) is 5.75 Å². The fourth-order valence-corrected chi connectivity index (χ4v) is 3.40. The maximum Gasteiger partial charge on any atom is 0.263 e. The van der Waals surface area contributed by atoms with Crippen LogP contribution in [0, 0.1) is 5.92 Å². The molecule has 1 N–H and O–H groups in total. The number of likely N-dealkylation sites (tertiary alicyclic amines) is 1. The topological polar surface area (TPSA) is 41.6 Å². The van der Waals surface area contributed by atoms with Crippen LogP contribution in [0.5, 0.6) is 5.75 Å². The summed E-state index contributed by atoms with van der Waals surface area (Å²) in [6.45, 7) is 4.41. The number of benzene rings is 1. The third kappa shape index (κ3) is 6.32. The molecule has 136 valence electrons. The maximum absolute atomic E-state index is 12.5. The van der Waals surface area contributed by atoms with Gasteiger partial charge in [0.05, 0.1) is 0 Å². The number of hydrogen-bond acceptors (Lipinski definition) is 3. The second kappa shape index (κ2) is 10.3. The molecule has 0 aromatic heterocycles. The molecular weight excluding hydrogens is 371 g/mol.